The van der Waals surface area contributed by atoms with Crippen LogP contribution in [0.4, 0.5) is 10.1 Å². The Hall–Kier alpha value is -3.41. The predicted molar refractivity (Wildman–Crippen MR) is 127 cm³/mol. The lowest BCUT2D eigenvalue weighted by atomic mass is 10.1. The molecule has 1 heterocycles. The molecule has 9 nitrogen and oxygen atoms in total. The quantitative estimate of drug-likeness (QED) is 0.408. The van der Waals surface area contributed by atoms with Gasteiger partial charge < -0.3 is 19.7 Å². The molecule has 1 atom stereocenters. The van der Waals surface area contributed by atoms with E-state index in [4.69, 9.17) is 14.6 Å². The van der Waals surface area contributed by atoms with E-state index in [0.29, 0.717) is 9.69 Å². The minimum Gasteiger partial charge on any atom is -0.493 e. The number of rotatable bonds is 9. The van der Waals surface area contributed by atoms with Crippen LogP contribution in [0.2, 0.25) is 0 Å². The van der Waals surface area contributed by atoms with E-state index in [2.05, 4.69) is 0 Å². The van der Waals surface area contributed by atoms with Gasteiger partial charge in [-0.05, 0) is 36.1 Å². The summed E-state index contributed by atoms with van der Waals surface area (Å²) < 4.78 is 54.8. The van der Waals surface area contributed by atoms with Crippen molar-refractivity contribution in [2.45, 2.75) is 25.6 Å². The number of aliphatic hydroxyl groups excluding tert-OH is 1. The number of hydrogen-bond donors (Lipinski definition) is 3. The van der Waals surface area contributed by atoms with E-state index in [1.54, 1.807) is 12.1 Å². The molecular formula is C24H25FN2O7S. The lowest BCUT2D eigenvalue weighted by Crippen LogP contribution is -2.31. The number of nitrogens with zero attached hydrogens (tertiary/aromatic N) is 1. The summed E-state index contributed by atoms with van der Waals surface area (Å²) in [6, 6.07) is 15.2. The molecule has 3 aromatic rings. The number of hydrogen-bond acceptors (Lipinski definition) is 7. The standard InChI is InChI=1S/C24H25FN2O7S/c1-24(30,15-28)9-10-33-18-8-7-17-11-20(34-14-16-5-3-2-4-6-16)23(22(25)19(17)12-18)27-13-21(29)26-35(27,31)32/h2-8,11-12,28,30H,9-10,13-15H2,1H3,(H,26,29)/t24-/m0/s1. The van der Waals surface area contributed by atoms with Crippen LogP contribution in [0.25, 0.3) is 10.8 Å². The highest BCUT2D eigenvalue weighted by molar-refractivity contribution is 7.92. The van der Waals surface area contributed by atoms with Gasteiger partial charge in [0.1, 0.15) is 30.3 Å². The second-order valence-corrected chi connectivity index (χ2v) is 10.1. The molecule has 0 aliphatic carbocycles. The lowest BCUT2D eigenvalue weighted by Gasteiger charge is -2.22. The van der Waals surface area contributed by atoms with E-state index in [1.165, 1.54) is 19.1 Å². The van der Waals surface area contributed by atoms with Crippen molar-refractivity contribution in [1.82, 2.24) is 4.72 Å². The molecule has 0 spiro atoms. The number of anilines is 1. The van der Waals surface area contributed by atoms with E-state index in [9.17, 15) is 18.3 Å². The van der Waals surface area contributed by atoms with Crippen molar-refractivity contribution in [1.29, 1.82) is 0 Å². The fourth-order valence-corrected chi connectivity index (χ4v) is 4.74. The van der Waals surface area contributed by atoms with E-state index in [0.717, 1.165) is 5.56 Å². The molecule has 186 valence electrons. The number of nitrogens with one attached hydrogen (secondary N) is 1. The highest BCUT2D eigenvalue weighted by atomic mass is 32.2. The van der Waals surface area contributed by atoms with Gasteiger partial charge >= 0.3 is 10.2 Å². The van der Waals surface area contributed by atoms with Gasteiger partial charge in [0.2, 0.25) is 0 Å². The van der Waals surface area contributed by atoms with Gasteiger partial charge in [-0.3, -0.25) is 4.79 Å². The first-order valence-corrected chi connectivity index (χ1v) is 12.3. The molecule has 0 aromatic heterocycles. The van der Waals surface area contributed by atoms with E-state index >= 15 is 4.39 Å². The maximum Gasteiger partial charge on any atom is 0.326 e. The fourth-order valence-electron chi connectivity index (χ4n) is 3.58. The number of carbonyl (C=O) groups excluding carboxylic acids is 1. The molecule has 4 rings (SSSR count). The lowest BCUT2D eigenvalue weighted by molar-refractivity contribution is -0.117. The van der Waals surface area contributed by atoms with Crippen LogP contribution in [0.1, 0.15) is 18.9 Å². The van der Waals surface area contributed by atoms with Crippen LogP contribution in [0.15, 0.2) is 54.6 Å². The monoisotopic (exact) mass is 504 g/mol. The summed E-state index contributed by atoms with van der Waals surface area (Å²) in [6.07, 6.45) is 0.140. The van der Waals surface area contributed by atoms with Crippen molar-refractivity contribution in [3.63, 3.8) is 0 Å². The van der Waals surface area contributed by atoms with E-state index < -0.39 is 40.7 Å². The highest BCUT2D eigenvalue weighted by Gasteiger charge is 2.38. The first-order valence-electron chi connectivity index (χ1n) is 10.8. The molecular weight excluding hydrogens is 479 g/mol. The predicted octanol–water partition coefficient (Wildman–Crippen LogP) is 2.25. The van der Waals surface area contributed by atoms with E-state index in [1.807, 2.05) is 35.1 Å². The summed E-state index contributed by atoms with van der Waals surface area (Å²) in [6.45, 7) is 0.560. The summed E-state index contributed by atoms with van der Waals surface area (Å²) in [5.41, 5.74) is -0.906. The van der Waals surface area contributed by atoms with Crippen LogP contribution in [-0.4, -0.2) is 49.9 Å². The zero-order valence-corrected chi connectivity index (χ0v) is 19.7. The van der Waals surface area contributed by atoms with Crippen LogP contribution >= 0.6 is 0 Å². The SMILES string of the molecule is C[C@@](O)(CO)CCOc1ccc2cc(OCc3ccccc3)c(N3CC(=O)NS3(=O)=O)c(F)c2c1. The van der Waals surface area contributed by atoms with Crippen molar-refractivity contribution in [3.05, 3.63) is 66.0 Å². The first kappa shape index (κ1) is 24.7. The van der Waals surface area contributed by atoms with Crippen LogP contribution in [0.3, 0.4) is 0 Å². The number of aliphatic hydroxyl groups is 2. The Labute approximate surface area is 201 Å². The van der Waals surface area contributed by atoms with Crippen LogP contribution in [0, 0.1) is 5.82 Å². The zero-order chi connectivity index (χ0) is 25.2. The van der Waals surface area contributed by atoms with Crippen molar-refractivity contribution in [3.8, 4) is 11.5 Å². The first-order chi connectivity index (χ1) is 16.6. The summed E-state index contributed by atoms with van der Waals surface area (Å²) in [4.78, 5) is 11.8. The number of fused-ring (bicyclic) bond motifs is 1. The Morgan fingerprint density at radius 1 is 1.14 bits per heavy atom. The van der Waals surface area contributed by atoms with Gasteiger partial charge in [0.15, 0.2) is 5.82 Å². The van der Waals surface area contributed by atoms with Gasteiger partial charge in [-0.2, -0.15) is 8.42 Å². The average Bonchev–Trinajstić information content (AvgIpc) is 3.10. The second-order valence-electron chi connectivity index (χ2n) is 8.48. The van der Waals surface area contributed by atoms with Gasteiger partial charge in [0.05, 0.1) is 18.8 Å². The topological polar surface area (TPSA) is 125 Å². The maximum absolute atomic E-state index is 15.9. The number of halogens is 1. The Morgan fingerprint density at radius 3 is 2.54 bits per heavy atom. The molecule has 1 amide bonds. The normalized spacial score (nSPS) is 16.7. The van der Waals surface area contributed by atoms with Gasteiger partial charge in [-0.25, -0.2) is 13.4 Å². The molecule has 11 heteroatoms. The Balaban J connectivity index is 1.72. The molecule has 35 heavy (non-hydrogen) atoms. The number of amides is 1. The minimum atomic E-state index is -4.30. The molecule has 1 saturated heterocycles. The molecule has 1 fully saturated rings. The number of benzene rings is 3. The zero-order valence-electron chi connectivity index (χ0n) is 18.9. The Bertz CT molecular complexity index is 1350. The maximum atomic E-state index is 15.9. The van der Waals surface area contributed by atoms with Gasteiger partial charge in [0.25, 0.3) is 5.91 Å². The molecule has 0 saturated carbocycles. The third-order valence-electron chi connectivity index (χ3n) is 5.55. The molecule has 3 N–H and O–H groups in total. The van der Waals surface area contributed by atoms with Crippen molar-refractivity contribution >= 4 is 32.6 Å². The largest absolute Gasteiger partial charge is 0.493 e. The van der Waals surface area contributed by atoms with Gasteiger partial charge in [-0.1, -0.05) is 36.4 Å². The Kier molecular flexibility index (Phi) is 6.84. The summed E-state index contributed by atoms with van der Waals surface area (Å²) in [5, 5.41) is 19.6. The third-order valence-corrected chi connectivity index (χ3v) is 6.92. The van der Waals surface area contributed by atoms with Gasteiger partial charge in [-0.15, -0.1) is 0 Å². The molecule has 1 aliphatic rings. The highest BCUT2D eigenvalue weighted by Crippen LogP contribution is 2.40. The van der Waals surface area contributed by atoms with Crippen LogP contribution in [-0.2, 0) is 21.6 Å². The van der Waals surface area contributed by atoms with Crippen LogP contribution in [0.5, 0.6) is 11.5 Å². The molecule has 1 aliphatic heterocycles. The number of carbonyl (C=O) groups is 1. The third kappa shape index (κ3) is 5.47. The average molecular weight is 505 g/mol. The smallest absolute Gasteiger partial charge is 0.326 e. The van der Waals surface area contributed by atoms with Crippen LogP contribution < -0.4 is 18.5 Å². The summed E-state index contributed by atoms with van der Waals surface area (Å²) in [5.74, 6) is -1.43. The van der Waals surface area contributed by atoms with Crippen molar-refractivity contribution in [2.75, 3.05) is 24.1 Å². The van der Waals surface area contributed by atoms with E-state index in [-0.39, 0.29) is 42.2 Å². The van der Waals surface area contributed by atoms with Crippen molar-refractivity contribution in [2.24, 2.45) is 0 Å². The summed E-state index contributed by atoms with van der Waals surface area (Å²) >= 11 is 0. The molecule has 0 radical (unpaired) electrons. The van der Waals surface area contributed by atoms with Crippen molar-refractivity contribution < 1.29 is 37.3 Å². The second kappa shape index (κ2) is 9.68. The summed E-state index contributed by atoms with van der Waals surface area (Å²) in [7, 11) is -4.30. The molecule has 0 unspecified atom stereocenters. The minimum absolute atomic E-state index is 0.0356. The Morgan fingerprint density at radius 2 is 1.89 bits per heavy atom. The fraction of sp³-hybridized carbons (Fsp3) is 0.292. The van der Waals surface area contributed by atoms with Gasteiger partial charge in [0, 0.05) is 11.8 Å². The molecule has 3 aromatic carbocycles. The number of ether oxygens (including phenoxy) is 2. The molecule has 0 bridgehead atoms.